The van der Waals surface area contributed by atoms with Gasteiger partial charge in [-0.15, -0.1) is 0 Å². The number of carbonyl (C=O) groups is 1. The van der Waals surface area contributed by atoms with Crippen LogP contribution in [0.5, 0.6) is 5.88 Å². The number of aliphatic hydroxyl groups is 1. The molecule has 0 saturated heterocycles. The van der Waals surface area contributed by atoms with Gasteiger partial charge in [-0.3, -0.25) is 9.69 Å². The molecule has 9 heteroatoms. The second-order valence-electron chi connectivity index (χ2n) is 6.73. The molecule has 0 aliphatic carbocycles. The molecule has 0 atom stereocenters. The van der Waals surface area contributed by atoms with E-state index >= 15 is 0 Å². The molecule has 0 unspecified atom stereocenters. The maximum Gasteiger partial charge on any atom is 0.268 e. The van der Waals surface area contributed by atoms with Gasteiger partial charge in [-0.25, -0.2) is 4.98 Å². The number of amides is 1. The second kappa shape index (κ2) is 7.33. The molecule has 150 valence electrons. The number of para-hydroxylation sites is 1. The van der Waals surface area contributed by atoms with E-state index in [2.05, 4.69) is 20.3 Å². The van der Waals surface area contributed by atoms with Crippen molar-refractivity contribution in [2.45, 2.75) is 6.61 Å². The van der Waals surface area contributed by atoms with Gasteiger partial charge < -0.3 is 20.1 Å². The predicted octanol–water partition coefficient (Wildman–Crippen LogP) is 3.84. The van der Waals surface area contributed by atoms with Crippen molar-refractivity contribution in [1.29, 1.82) is 0 Å². The monoisotopic (exact) mass is 421 g/mol. The van der Waals surface area contributed by atoms with Gasteiger partial charge in [0.25, 0.3) is 5.91 Å². The number of aromatic nitrogens is 3. The fourth-order valence-electron chi connectivity index (χ4n) is 3.43. The Kier molecular flexibility index (Phi) is 4.50. The number of ether oxygens (including phenoxy) is 1. The SMILES string of the molecule is O=C1c2cnc(Nc3ccc4[nH]ccc4c3)nc2OCN1c1c(Cl)cccc1CO. The van der Waals surface area contributed by atoms with Crippen LogP contribution in [0.25, 0.3) is 10.9 Å². The van der Waals surface area contributed by atoms with Gasteiger partial charge in [0.1, 0.15) is 5.56 Å². The van der Waals surface area contributed by atoms with Crippen LogP contribution in [-0.2, 0) is 6.61 Å². The highest BCUT2D eigenvalue weighted by atomic mass is 35.5. The summed E-state index contributed by atoms with van der Waals surface area (Å²) < 4.78 is 5.72. The number of aromatic amines is 1. The lowest BCUT2D eigenvalue weighted by molar-refractivity contribution is 0.0932. The zero-order valence-corrected chi connectivity index (χ0v) is 16.3. The summed E-state index contributed by atoms with van der Waals surface area (Å²) in [5.41, 5.74) is 3.01. The Morgan fingerprint density at radius 1 is 1.27 bits per heavy atom. The van der Waals surface area contributed by atoms with Gasteiger partial charge in [-0.05, 0) is 30.3 Å². The van der Waals surface area contributed by atoms with E-state index in [4.69, 9.17) is 16.3 Å². The standard InChI is InChI=1S/C21H16ClN5O3/c22-16-3-1-2-13(10-28)18(16)27-11-30-19-15(20(27)29)9-24-21(26-19)25-14-4-5-17-12(8-14)6-7-23-17/h1-9,23,28H,10-11H2,(H,24,25,26). The molecular weight excluding hydrogens is 406 g/mol. The molecular formula is C21H16ClN5O3. The summed E-state index contributed by atoms with van der Waals surface area (Å²) >= 11 is 6.28. The molecule has 5 rings (SSSR count). The average molecular weight is 422 g/mol. The van der Waals surface area contributed by atoms with Crippen LogP contribution in [0.15, 0.2) is 54.9 Å². The van der Waals surface area contributed by atoms with Crippen LogP contribution in [0.1, 0.15) is 15.9 Å². The maximum absolute atomic E-state index is 13.0. The summed E-state index contributed by atoms with van der Waals surface area (Å²) in [6.45, 7) is -0.328. The fraction of sp³-hybridized carbons (Fsp3) is 0.0952. The molecule has 1 amide bonds. The molecule has 1 aliphatic heterocycles. The lowest BCUT2D eigenvalue weighted by atomic mass is 10.1. The molecule has 2 aromatic heterocycles. The lowest BCUT2D eigenvalue weighted by Crippen LogP contribution is -2.40. The van der Waals surface area contributed by atoms with E-state index in [1.165, 1.54) is 11.1 Å². The first kappa shape index (κ1) is 18.4. The van der Waals surface area contributed by atoms with E-state index in [1.54, 1.807) is 18.2 Å². The number of hydrogen-bond acceptors (Lipinski definition) is 6. The number of nitrogens with one attached hydrogen (secondary N) is 2. The number of hydrogen-bond donors (Lipinski definition) is 3. The minimum Gasteiger partial charge on any atom is -0.455 e. The van der Waals surface area contributed by atoms with Crippen molar-refractivity contribution in [3.8, 4) is 5.88 Å². The van der Waals surface area contributed by atoms with Crippen molar-refractivity contribution >= 4 is 45.7 Å². The minimum absolute atomic E-state index is 0.0751. The summed E-state index contributed by atoms with van der Waals surface area (Å²) in [4.78, 5) is 26.1. The third-order valence-corrected chi connectivity index (χ3v) is 5.18. The molecule has 3 N–H and O–H groups in total. The summed E-state index contributed by atoms with van der Waals surface area (Å²) in [5, 5.41) is 14.1. The van der Waals surface area contributed by atoms with E-state index < -0.39 is 0 Å². The van der Waals surface area contributed by atoms with Crippen LogP contribution in [0.2, 0.25) is 5.02 Å². The topological polar surface area (TPSA) is 103 Å². The highest BCUT2D eigenvalue weighted by Gasteiger charge is 2.31. The number of carbonyl (C=O) groups excluding carboxylic acids is 1. The number of anilines is 3. The van der Waals surface area contributed by atoms with Crippen LogP contribution in [0, 0.1) is 0 Å². The molecule has 0 spiro atoms. The highest BCUT2D eigenvalue weighted by molar-refractivity contribution is 6.34. The molecule has 4 aromatic rings. The molecule has 3 heterocycles. The zero-order chi connectivity index (χ0) is 20.7. The number of halogens is 1. The number of fused-ring (bicyclic) bond motifs is 2. The van der Waals surface area contributed by atoms with Crippen molar-refractivity contribution in [2.75, 3.05) is 16.9 Å². The van der Waals surface area contributed by atoms with E-state index in [1.807, 2.05) is 30.5 Å². The predicted molar refractivity (Wildman–Crippen MR) is 113 cm³/mol. The van der Waals surface area contributed by atoms with Crippen molar-refractivity contribution in [2.24, 2.45) is 0 Å². The molecule has 2 aromatic carbocycles. The molecule has 0 saturated carbocycles. The van der Waals surface area contributed by atoms with Crippen molar-refractivity contribution in [3.63, 3.8) is 0 Å². The lowest BCUT2D eigenvalue weighted by Gasteiger charge is -2.29. The molecule has 0 bridgehead atoms. The second-order valence-corrected chi connectivity index (χ2v) is 7.14. The Hall–Kier alpha value is -3.62. The number of aliphatic hydroxyl groups excluding tert-OH is 1. The summed E-state index contributed by atoms with van der Waals surface area (Å²) in [6, 6.07) is 12.9. The Morgan fingerprint density at radius 2 is 2.17 bits per heavy atom. The van der Waals surface area contributed by atoms with E-state index in [0.29, 0.717) is 22.2 Å². The highest BCUT2D eigenvalue weighted by Crippen LogP contribution is 2.34. The Balaban J connectivity index is 1.43. The summed E-state index contributed by atoms with van der Waals surface area (Å²) in [5.74, 6) is 0.159. The van der Waals surface area contributed by atoms with Gasteiger partial charge in [0, 0.05) is 34.5 Å². The molecule has 30 heavy (non-hydrogen) atoms. The van der Waals surface area contributed by atoms with Gasteiger partial charge >= 0.3 is 0 Å². The third-order valence-electron chi connectivity index (χ3n) is 4.88. The number of benzene rings is 2. The molecule has 0 fully saturated rings. The van der Waals surface area contributed by atoms with Crippen LogP contribution in [-0.4, -0.2) is 32.7 Å². The Bertz CT molecular complexity index is 1270. The zero-order valence-electron chi connectivity index (χ0n) is 15.6. The van der Waals surface area contributed by atoms with Crippen LogP contribution >= 0.6 is 11.6 Å². The van der Waals surface area contributed by atoms with E-state index in [0.717, 1.165) is 16.6 Å². The number of H-pyrrole nitrogens is 1. The average Bonchev–Trinajstić information content (AvgIpc) is 3.22. The third kappa shape index (κ3) is 3.12. The first-order valence-corrected chi connectivity index (χ1v) is 9.56. The largest absolute Gasteiger partial charge is 0.455 e. The molecule has 1 aliphatic rings. The fourth-order valence-corrected chi connectivity index (χ4v) is 3.73. The van der Waals surface area contributed by atoms with Crippen molar-refractivity contribution < 1.29 is 14.6 Å². The van der Waals surface area contributed by atoms with Gasteiger partial charge in [0.05, 0.1) is 17.3 Å². The molecule has 8 nitrogen and oxygen atoms in total. The van der Waals surface area contributed by atoms with E-state index in [9.17, 15) is 9.90 Å². The van der Waals surface area contributed by atoms with Gasteiger partial charge in [0.15, 0.2) is 6.73 Å². The molecule has 0 radical (unpaired) electrons. The van der Waals surface area contributed by atoms with Crippen molar-refractivity contribution in [1.82, 2.24) is 15.0 Å². The summed E-state index contributed by atoms with van der Waals surface area (Å²) in [7, 11) is 0. The Morgan fingerprint density at radius 3 is 3.03 bits per heavy atom. The van der Waals surface area contributed by atoms with Crippen LogP contribution < -0.4 is 15.0 Å². The Labute approximate surface area is 176 Å². The summed E-state index contributed by atoms with van der Waals surface area (Å²) in [6.07, 6.45) is 3.29. The van der Waals surface area contributed by atoms with Gasteiger partial charge in [-0.1, -0.05) is 23.7 Å². The van der Waals surface area contributed by atoms with Gasteiger partial charge in [0.2, 0.25) is 11.8 Å². The van der Waals surface area contributed by atoms with E-state index in [-0.39, 0.29) is 30.7 Å². The first-order chi connectivity index (χ1) is 14.6. The minimum atomic E-state index is -0.348. The first-order valence-electron chi connectivity index (χ1n) is 9.18. The number of rotatable bonds is 4. The number of nitrogens with zero attached hydrogens (tertiary/aromatic N) is 3. The van der Waals surface area contributed by atoms with Gasteiger partial charge in [-0.2, -0.15) is 4.98 Å². The smallest absolute Gasteiger partial charge is 0.268 e. The van der Waals surface area contributed by atoms with Crippen LogP contribution in [0.4, 0.5) is 17.3 Å². The van der Waals surface area contributed by atoms with Crippen LogP contribution in [0.3, 0.4) is 0 Å². The maximum atomic E-state index is 13.0. The normalized spacial score (nSPS) is 13.3. The quantitative estimate of drug-likeness (QED) is 0.462. The van der Waals surface area contributed by atoms with Crippen molar-refractivity contribution in [3.05, 3.63) is 71.0 Å².